The number of carbonyl (C=O) groups is 1. The Kier molecular flexibility index (Phi) is 2.90. The first-order valence-corrected chi connectivity index (χ1v) is 5.27. The monoisotopic (exact) mass is 205 g/mol. The van der Waals surface area contributed by atoms with Gasteiger partial charge in [0.15, 0.2) is 0 Å². The summed E-state index contributed by atoms with van der Waals surface area (Å²) in [5, 5.41) is 0. The van der Waals surface area contributed by atoms with Gasteiger partial charge in [0.2, 0.25) is 0 Å². The SMILES string of the molecule is NC(=O)OCC1CCCc2ccccc21. The number of aryl methyl sites for hydroxylation is 1. The van der Waals surface area contributed by atoms with E-state index in [1.165, 1.54) is 11.1 Å². The number of nitrogens with two attached hydrogens (primary N) is 1. The molecule has 1 aromatic rings. The highest BCUT2D eigenvalue weighted by atomic mass is 16.5. The number of rotatable bonds is 2. The second kappa shape index (κ2) is 4.34. The van der Waals surface area contributed by atoms with Crippen molar-refractivity contribution in [2.75, 3.05) is 6.61 Å². The summed E-state index contributed by atoms with van der Waals surface area (Å²) in [4.78, 5) is 10.6. The second-order valence-electron chi connectivity index (χ2n) is 3.92. The van der Waals surface area contributed by atoms with E-state index in [0.717, 1.165) is 19.3 Å². The van der Waals surface area contributed by atoms with E-state index in [9.17, 15) is 4.79 Å². The third kappa shape index (κ3) is 2.29. The molecule has 0 saturated carbocycles. The lowest BCUT2D eigenvalue weighted by Crippen LogP contribution is -2.20. The van der Waals surface area contributed by atoms with E-state index in [1.54, 1.807) is 0 Å². The Hall–Kier alpha value is -1.51. The largest absolute Gasteiger partial charge is 0.449 e. The Labute approximate surface area is 89.2 Å². The summed E-state index contributed by atoms with van der Waals surface area (Å²) >= 11 is 0. The van der Waals surface area contributed by atoms with Crippen LogP contribution in [-0.4, -0.2) is 12.7 Å². The molecule has 1 unspecified atom stereocenters. The maximum absolute atomic E-state index is 10.6. The Morgan fingerprint density at radius 3 is 3.07 bits per heavy atom. The molecule has 1 aliphatic carbocycles. The minimum Gasteiger partial charge on any atom is -0.449 e. The molecule has 0 fully saturated rings. The summed E-state index contributed by atoms with van der Waals surface area (Å²) in [6, 6.07) is 8.34. The average molecular weight is 205 g/mol. The molecule has 15 heavy (non-hydrogen) atoms. The zero-order chi connectivity index (χ0) is 10.7. The number of amides is 1. The van der Waals surface area contributed by atoms with Crippen LogP contribution in [0.25, 0.3) is 0 Å². The first-order chi connectivity index (χ1) is 7.27. The molecule has 3 heteroatoms. The van der Waals surface area contributed by atoms with Gasteiger partial charge in [-0.15, -0.1) is 0 Å². The van der Waals surface area contributed by atoms with Crippen LogP contribution in [0.15, 0.2) is 24.3 Å². The topological polar surface area (TPSA) is 52.3 Å². The van der Waals surface area contributed by atoms with E-state index in [-0.39, 0.29) is 0 Å². The second-order valence-corrected chi connectivity index (χ2v) is 3.92. The van der Waals surface area contributed by atoms with Crippen LogP contribution in [0.3, 0.4) is 0 Å². The number of fused-ring (bicyclic) bond motifs is 1. The average Bonchev–Trinajstić information content (AvgIpc) is 2.26. The fourth-order valence-electron chi connectivity index (χ4n) is 2.21. The van der Waals surface area contributed by atoms with Gasteiger partial charge < -0.3 is 10.5 Å². The molecule has 1 aliphatic rings. The van der Waals surface area contributed by atoms with Gasteiger partial charge in [-0.1, -0.05) is 24.3 Å². The summed E-state index contributed by atoms with van der Waals surface area (Å²) in [5.74, 6) is 0.322. The third-order valence-electron chi connectivity index (χ3n) is 2.92. The van der Waals surface area contributed by atoms with Gasteiger partial charge in [0, 0.05) is 5.92 Å². The Bertz CT molecular complexity index is 362. The number of carbonyl (C=O) groups excluding carboxylic acids is 1. The van der Waals surface area contributed by atoms with Crippen LogP contribution in [0.2, 0.25) is 0 Å². The minimum absolute atomic E-state index is 0.322. The molecule has 0 spiro atoms. The van der Waals surface area contributed by atoms with Crippen molar-refractivity contribution < 1.29 is 9.53 Å². The standard InChI is InChI=1S/C12H15NO2/c13-12(14)15-8-10-6-3-5-9-4-1-2-7-11(9)10/h1-2,4,7,10H,3,5-6,8H2,(H2,13,14). The summed E-state index contributed by atoms with van der Waals surface area (Å²) in [7, 11) is 0. The molecular weight excluding hydrogens is 190 g/mol. The lowest BCUT2D eigenvalue weighted by atomic mass is 9.83. The third-order valence-corrected chi connectivity index (χ3v) is 2.92. The zero-order valence-electron chi connectivity index (χ0n) is 8.61. The molecule has 2 N–H and O–H groups in total. The highest BCUT2D eigenvalue weighted by Crippen LogP contribution is 2.31. The molecule has 0 heterocycles. The number of benzene rings is 1. The van der Waals surface area contributed by atoms with Gasteiger partial charge in [-0.25, -0.2) is 4.79 Å². The molecule has 1 atom stereocenters. The summed E-state index contributed by atoms with van der Waals surface area (Å²) in [5.41, 5.74) is 7.66. The molecule has 0 saturated heterocycles. The van der Waals surface area contributed by atoms with Crippen molar-refractivity contribution in [3.8, 4) is 0 Å². The van der Waals surface area contributed by atoms with Crippen LogP contribution in [-0.2, 0) is 11.2 Å². The van der Waals surface area contributed by atoms with E-state index in [0.29, 0.717) is 12.5 Å². The molecule has 1 amide bonds. The van der Waals surface area contributed by atoms with Crippen LogP contribution in [0.4, 0.5) is 4.79 Å². The normalized spacial score (nSPS) is 19.3. The molecular formula is C12H15NO2. The molecule has 0 aliphatic heterocycles. The quantitative estimate of drug-likeness (QED) is 0.804. The van der Waals surface area contributed by atoms with Gasteiger partial charge in [0.1, 0.15) is 6.61 Å². The Morgan fingerprint density at radius 2 is 2.27 bits per heavy atom. The van der Waals surface area contributed by atoms with E-state index in [1.807, 2.05) is 6.07 Å². The number of hydrogen-bond acceptors (Lipinski definition) is 2. The molecule has 80 valence electrons. The molecule has 3 nitrogen and oxygen atoms in total. The molecule has 1 aromatic carbocycles. The van der Waals surface area contributed by atoms with E-state index >= 15 is 0 Å². The molecule has 2 rings (SSSR count). The lowest BCUT2D eigenvalue weighted by Gasteiger charge is -2.24. The van der Waals surface area contributed by atoms with Gasteiger partial charge in [-0.2, -0.15) is 0 Å². The van der Waals surface area contributed by atoms with Crippen molar-refractivity contribution in [1.82, 2.24) is 0 Å². The molecule has 0 radical (unpaired) electrons. The van der Waals surface area contributed by atoms with Gasteiger partial charge >= 0.3 is 6.09 Å². The van der Waals surface area contributed by atoms with Crippen LogP contribution < -0.4 is 5.73 Å². The summed E-state index contributed by atoms with van der Waals surface area (Å²) in [6.45, 7) is 0.409. The van der Waals surface area contributed by atoms with Crippen molar-refractivity contribution in [2.24, 2.45) is 5.73 Å². The summed E-state index contributed by atoms with van der Waals surface area (Å²) in [6.07, 6.45) is 2.68. The number of primary amides is 1. The maximum atomic E-state index is 10.6. The van der Waals surface area contributed by atoms with Crippen molar-refractivity contribution in [1.29, 1.82) is 0 Å². The van der Waals surface area contributed by atoms with Gasteiger partial charge in [0.05, 0.1) is 0 Å². The highest BCUT2D eigenvalue weighted by Gasteiger charge is 2.20. The first-order valence-electron chi connectivity index (χ1n) is 5.27. The van der Waals surface area contributed by atoms with Crippen molar-refractivity contribution in [2.45, 2.75) is 25.2 Å². The van der Waals surface area contributed by atoms with Crippen molar-refractivity contribution >= 4 is 6.09 Å². The molecule has 0 aromatic heterocycles. The fraction of sp³-hybridized carbons (Fsp3) is 0.417. The van der Waals surface area contributed by atoms with E-state index < -0.39 is 6.09 Å². The van der Waals surface area contributed by atoms with E-state index in [2.05, 4.69) is 18.2 Å². The van der Waals surface area contributed by atoms with Gasteiger partial charge in [-0.05, 0) is 30.4 Å². The first kappa shape index (κ1) is 10.0. The lowest BCUT2D eigenvalue weighted by molar-refractivity contribution is 0.146. The van der Waals surface area contributed by atoms with Gasteiger partial charge in [0.25, 0.3) is 0 Å². The van der Waals surface area contributed by atoms with Crippen LogP contribution in [0, 0.1) is 0 Å². The Morgan fingerprint density at radius 1 is 1.47 bits per heavy atom. The minimum atomic E-state index is -0.682. The number of ether oxygens (including phenoxy) is 1. The van der Waals surface area contributed by atoms with Crippen LogP contribution in [0.5, 0.6) is 0 Å². The number of hydrogen-bond donors (Lipinski definition) is 1. The maximum Gasteiger partial charge on any atom is 0.404 e. The Balaban J connectivity index is 2.11. The smallest absolute Gasteiger partial charge is 0.404 e. The van der Waals surface area contributed by atoms with Crippen molar-refractivity contribution in [3.63, 3.8) is 0 Å². The molecule has 0 bridgehead atoms. The van der Waals surface area contributed by atoms with Crippen LogP contribution >= 0.6 is 0 Å². The predicted octanol–water partition coefficient (Wildman–Crippen LogP) is 2.20. The van der Waals surface area contributed by atoms with Crippen molar-refractivity contribution in [3.05, 3.63) is 35.4 Å². The van der Waals surface area contributed by atoms with Gasteiger partial charge in [-0.3, -0.25) is 0 Å². The fourth-order valence-corrected chi connectivity index (χ4v) is 2.21. The van der Waals surface area contributed by atoms with Crippen LogP contribution in [0.1, 0.15) is 29.9 Å². The zero-order valence-corrected chi connectivity index (χ0v) is 8.61. The van der Waals surface area contributed by atoms with E-state index in [4.69, 9.17) is 10.5 Å². The highest BCUT2D eigenvalue weighted by molar-refractivity contribution is 5.64. The summed E-state index contributed by atoms with van der Waals surface area (Å²) < 4.78 is 4.88. The predicted molar refractivity (Wildman–Crippen MR) is 57.7 cm³/mol.